The first-order valence-corrected chi connectivity index (χ1v) is 11.5. The summed E-state index contributed by atoms with van der Waals surface area (Å²) in [6, 6.07) is 10.2. The molecule has 1 unspecified atom stereocenters. The number of hydrogen-bond donors (Lipinski definition) is 0. The lowest BCUT2D eigenvalue weighted by atomic mass is 9.79. The van der Waals surface area contributed by atoms with Crippen molar-refractivity contribution in [2.24, 2.45) is 5.41 Å². The van der Waals surface area contributed by atoms with Crippen LogP contribution in [0.1, 0.15) is 39.7 Å². The zero-order chi connectivity index (χ0) is 23.6. The number of nitrogens with zero attached hydrogens (tertiary/aromatic N) is 2. The molecule has 1 amide bonds. The minimum atomic E-state index is -1.28. The first-order chi connectivity index (χ1) is 15.5. The summed E-state index contributed by atoms with van der Waals surface area (Å²) in [6.45, 7) is 10.3. The Labute approximate surface area is 198 Å². The largest absolute Gasteiger partial charge is 0.444 e. The molecule has 176 valence electrons. The summed E-state index contributed by atoms with van der Waals surface area (Å²) < 4.78 is 32.5. The van der Waals surface area contributed by atoms with E-state index in [9.17, 15) is 9.18 Å². The molecule has 0 saturated carbocycles. The van der Waals surface area contributed by atoms with E-state index in [0.29, 0.717) is 35.2 Å². The monoisotopic (exact) mass is 474 g/mol. The van der Waals surface area contributed by atoms with Gasteiger partial charge in [0, 0.05) is 43.5 Å². The van der Waals surface area contributed by atoms with Gasteiger partial charge in [0.15, 0.2) is 11.5 Å². The fraction of sp³-hybridized carbons (Fsp3) is 0.480. The molecule has 0 N–H and O–H groups in total. The summed E-state index contributed by atoms with van der Waals surface area (Å²) in [7, 11) is 0. The third-order valence-electron chi connectivity index (χ3n) is 6.46. The highest BCUT2D eigenvalue weighted by Gasteiger charge is 2.51. The van der Waals surface area contributed by atoms with Gasteiger partial charge in [-0.25, -0.2) is 9.18 Å². The highest BCUT2D eigenvalue weighted by atomic mass is 35.5. The van der Waals surface area contributed by atoms with E-state index in [1.54, 1.807) is 24.0 Å². The third-order valence-corrected chi connectivity index (χ3v) is 6.70. The molecule has 1 atom stereocenters. The first-order valence-electron chi connectivity index (χ1n) is 11.2. The van der Waals surface area contributed by atoms with E-state index in [0.717, 1.165) is 25.2 Å². The van der Waals surface area contributed by atoms with Gasteiger partial charge in [0.1, 0.15) is 11.4 Å². The van der Waals surface area contributed by atoms with Gasteiger partial charge in [0.25, 0.3) is 5.79 Å². The van der Waals surface area contributed by atoms with Crippen LogP contribution in [0, 0.1) is 11.2 Å². The van der Waals surface area contributed by atoms with Crippen molar-refractivity contribution in [3.63, 3.8) is 0 Å². The van der Waals surface area contributed by atoms with Crippen LogP contribution < -0.4 is 14.4 Å². The van der Waals surface area contributed by atoms with E-state index in [1.807, 2.05) is 39.0 Å². The van der Waals surface area contributed by atoms with Gasteiger partial charge in [0.05, 0.1) is 11.3 Å². The van der Waals surface area contributed by atoms with Crippen LogP contribution in [-0.4, -0.2) is 42.8 Å². The number of amides is 1. The van der Waals surface area contributed by atoms with E-state index in [-0.39, 0.29) is 11.5 Å². The van der Waals surface area contributed by atoms with Crippen LogP contribution in [0.2, 0.25) is 5.02 Å². The van der Waals surface area contributed by atoms with Crippen LogP contribution in [0.4, 0.5) is 14.9 Å². The number of halogens is 2. The van der Waals surface area contributed by atoms with Crippen LogP contribution in [0.3, 0.4) is 0 Å². The van der Waals surface area contributed by atoms with Crippen molar-refractivity contribution in [3.05, 3.63) is 52.8 Å². The number of hydrogen-bond acceptors (Lipinski definition) is 5. The van der Waals surface area contributed by atoms with E-state index >= 15 is 0 Å². The van der Waals surface area contributed by atoms with Crippen molar-refractivity contribution >= 4 is 23.4 Å². The number of rotatable bonds is 2. The minimum absolute atomic E-state index is 0.0463. The second-order valence-corrected chi connectivity index (χ2v) is 10.8. The normalized spacial score (nSPS) is 23.1. The molecule has 2 aromatic carbocycles. The number of ether oxygens (including phenoxy) is 3. The Bertz CT molecular complexity index is 1110. The summed E-state index contributed by atoms with van der Waals surface area (Å²) in [5.74, 6) is -0.575. The van der Waals surface area contributed by atoms with Crippen molar-refractivity contribution in [1.82, 2.24) is 4.90 Å². The van der Waals surface area contributed by atoms with Crippen molar-refractivity contribution in [3.8, 4) is 11.5 Å². The SMILES string of the molecule is CC(C)(C)OC(=O)N1CC2(CCN(c3cccc4c3OC(C)(c3ccc(Cl)cc3F)O4)C2)C1. The number of anilines is 1. The maximum absolute atomic E-state index is 14.6. The molecule has 6 nitrogen and oxygen atoms in total. The Morgan fingerprint density at radius 1 is 1.15 bits per heavy atom. The molecule has 2 saturated heterocycles. The molecule has 8 heteroatoms. The molecule has 2 aromatic rings. The second-order valence-electron chi connectivity index (χ2n) is 10.4. The van der Waals surface area contributed by atoms with Gasteiger partial charge in [0.2, 0.25) is 0 Å². The molecule has 33 heavy (non-hydrogen) atoms. The van der Waals surface area contributed by atoms with Gasteiger partial charge < -0.3 is 24.0 Å². The number of carbonyl (C=O) groups is 1. The Morgan fingerprint density at radius 3 is 2.61 bits per heavy atom. The highest BCUT2D eigenvalue weighted by molar-refractivity contribution is 6.30. The molecule has 3 aliphatic heterocycles. The van der Waals surface area contributed by atoms with Gasteiger partial charge in [-0.1, -0.05) is 17.7 Å². The molecule has 1 spiro atoms. The van der Waals surface area contributed by atoms with E-state index in [2.05, 4.69) is 4.90 Å². The van der Waals surface area contributed by atoms with Gasteiger partial charge in [-0.15, -0.1) is 0 Å². The summed E-state index contributed by atoms with van der Waals surface area (Å²) in [5.41, 5.74) is 0.752. The molecular weight excluding hydrogens is 447 g/mol. The topological polar surface area (TPSA) is 51.2 Å². The number of carbonyl (C=O) groups excluding carboxylic acids is 1. The van der Waals surface area contributed by atoms with E-state index in [1.165, 1.54) is 6.07 Å². The predicted molar refractivity (Wildman–Crippen MR) is 124 cm³/mol. The zero-order valence-corrected chi connectivity index (χ0v) is 20.0. The summed E-state index contributed by atoms with van der Waals surface area (Å²) in [6.07, 6.45) is 0.713. The molecule has 3 heterocycles. The quantitative estimate of drug-likeness (QED) is 0.569. The molecule has 0 radical (unpaired) electrons. The molecule has 0 bridgehead atoms. The smallest absolute Gasteiger partial charge is 0.410 e. The summed E-state index contributed by atoms with van der Waals surface area (Å²) in [5, 5.41) is 0.319. The maximum Gasteiger partial charge on any atom is 0.410 e. The van der Waals surface area contributed by atoms with Crippen LogP contribution in [-0.2, 0) is 10.5 Å². The highest BCUT2D eigenvalue weighted by Crippen LogP contribution is 2.52. The van der Waals surface area contributed by atoms with E-state index in [4.69, 9.17) is 25.8 Å². The van der Waals surface area contributed by atoms with Crippen LogP contribution in [0.25, 0.3) is 0 Å². The molecule has 0 aliphatic carbocycles. The summed E-state index contributed by atoms with van der Waals surface area (Å²) >= 11 is 5.92. The fourth-order valence-electron chi connectivity index (χ4n) is 4.95. The summed E-state index contributed by atoms with van der Waals surface area (Å²) in [4.78, 5) is 16.4. The predicted octanol–water partition coefficient (Wildman–Crippen LogP) is 5.57. The van der Waals surface area contributed by atoms with Gasteiger partial charge in [-0.2, -0.15) is 0 Å². The zero-order valence-electron chi connectivity index (χ0n) is 19.3. The number of fused-ring (bicyclic) bond motifs is 1. The minimum Gasteiger partial charge on any atom is -0.444 e. The molecular formula is C25H28ClFN2O4. The number of para-hydroxylation sites is 1. The lowest BCUT2D eigenvalue weighted by molar-refractivity contribution is -0.0705. The number of benzene rings is 2. The van der Waals surface area contributed by atoms with E-state index < -0.39 is 17.2 Å². The lowest BCUT2D eigenvalue weighted by Crippen LogP contribution is -2.60. The average Bonchev–Trinajstić information content (AvgIpc) is 3.26. The van der Waals surface area contributed by atoms with Gasteiger partial charge in [-0.05, 0) is 57.5 Å². The van der Waals surface area contributed by atoms with Crippen molar-refractivity contribution in [2.75, 3.05) is 31.1 Å². The maximum atomic E-state index is 14.6. The van der Waals surface area contributed by atoms with Crippen LogP contribution >= 0.6 is 11.6 Å². The Morgan fingerprint density at radius 2 is 1.91 bits per heavy atom. The number of likely N-dealkylation sites (tertiary alicyclic amines) is 1. The van der Waals surface area contributed by atoms with Crippen molar-refractivity contribution in [1.29, 1.82) is 0 Å². The fourth-order valence-corrected chi connectivity index (χ4v) is 5.11. The Kier molecular flexibility index (Phi) is 4.98. The molecule has 2 fully saturated rings. The van der Waals surface area contributed by atoms with Gasteiger partial charge in [-0.3, -0.25) is 0 Å². The van der Waals surface area contributed by atoms with Crippen molar-refractivity contribution < 1.29 is 23.4 Å². The molecule has 5 rings (SSSR count). The molecule has 0 aromatic heterocycles. The van der Waals surface area contributed by atoms with Crippen molar-refractivity contribution in [2.45, 2.75) is 45.5 Å². The first kappa shape index (κ1) is 22.1. The second kappa shape index (κ2) is 7.42. The van der Waals surface area contributed by atoms with Crippen LogP contribution in [0.15, 0.2) is 36.4 Å². The van der Waals surface area contributed by atoms with Crippen LogP contribution in [0.5, 0.6) is 11.5 Å². The lowest BCUT2D eigenvalue weighted by Gasteiger charge is -2.47. The van der Waals surface area contributed by atoms with Gasteiger partial charge >= 0.3 is 6.09 Å². The third kappa shape index (κ3) is 3.97. The Hall–Kier alpha value is -2.67. The Balaban J connectivity index is 1.31. The average molecular weight is 475 g/mol. The molecule has 3 aliphatic rings. The standard InChI is InChI=1S/C25H28ClFN2O4/c1-23(2,3)33-22(30)29-14-25(15-29)10-11-28(13-25)19-6-5-7-20-21(19)32-24(4,31-20)17-9-8-16(26)12-18(17)27/h5-9,12H,10-11,13-15H2,1-4H3.